The average Bonchev–Trinajstić information content (AvgIpc) is 3.95. The van der Waals surface area contributed by atoms with Crippen LogP contribution in [0.2, 0.25) is 0 Å². The number of hydrogen-bond acceptors (Lipinski definition) is 4. The summed E-state index contributed by atoms with van der Waals surface area (Å²) in [6, 6.07) is 62.9. The molecule has 4 heterocycles. The Hall–Kier alpha value is -7.34. The monoisotopic (exact) mass is 743 g/mol. The van der Waals surface area contributed by atoms with Crippen molar-refractivity contribution in [3.8, 4) is 28.3 Å². The van der Waals surface area contributed by atoms with Crippen molar-refractivity contribution in [3.63, 3.8) is 0 Å². The van der Waals surface area contributed by atoms with E-state index in [0.717, 1.165) is 65.9 Å². The van der Waals surface area contributed by atoms with Crippen molar-refractivity contribution in [2.45, 2.75) is 0 Å². The van der Waals surface area contributed by atoms with E-state index in [0.29, 0.717) is 5.95 Å². The SMILES string of the molecule is c1ccc2cc(-c3nc(-n4c5ccccc5c5c6oc7cc(-c8ccc9sc%10ccccc%10c9c8)c8ccccc8c7c6ccc54)nc4ccccc34)ccc2c1. The molecule has 4 aromatic heterocycles. The molecule has 0 atom stereocenters. The highest BCUT2D eigenvalue weighted by atomic mass is 32.1. The first kappa shape index (κ1) is 30.9. The van der Waals surface area contributed by atoms with Crippen molar-refractivity contribution in [3.05, 3.63) is 176 Å². The zero-order valence-corrected chi connectivity index (χ0v) is 31.2. The lowest BCUT2D eigenvalue weighted by molar-refractivity contribution is 0.673. The minimum atomic E-state index is 0.627. The van der Waals surface area contributed by atoms with Gasteiger partial charge in [0.05, 0.1) is 27.6 Å². The predicted molar refractivity (Wildman–Crippen MR) is 240 cm³/mol. The third-order valence-corrected chi connectivity index (χ3v) is 12.9. The molecule has 0 aliphatic carbocycles. The van der Waals surface area contributed by atoms with Crippen LogP contribution in [0.5, 0.6) is 0 Å². The molecular formula is C52H29N3OS. The Balaban J connectivity index is 1.08. The number of thiophene rings is 1. The first-order valence-corrected chi connectivity index (χ1v) is 20.0. The van der Waals surface area contributed by atoms with Crippen LogP contribution >= 0.6 is 11.3 Å². The lowest BCUT2D eigenvalue weighted by Gasteiger charge is -2.12. The normalized spacial score (nSPS) is 12.2. The third-order valence-electron chi connectivity index (χ3n) is 11.8. The topological polar surface area (TPSA) is 43.9 Å². The summed E-state index contributed by atoms with van der Waals surface area (Å²) in [6.45, 7) is 0. The summed E-state index contributed by atoms with van der Waals surface area (Å²) in [7, 11) is 0. The molecule has 4 nitrogen and oxygen atoms in total. The summed E-state index contributed by atoms with van der Waals surface area (Å²) in [4.78, 5) is 10.6. The van der Waals surface area contributed by atoms with E-state index in [4.69, 9.17) is 14.4 Å². The van der Waals surface area contributed by atoms with Gasteiger partial charge in [-0.05, 0) is 87.3 Å². The van der Waals surface area contributed by atoms with Crippen LogP contribution in [0, 0.1) is 0 Å². The van der Waals surface area contributed by atoms with Gasteiger partial charge >= 0.3 is 0 Å². The first-order chi connectivity index (χ1) is 28.2. The summed E-state index contributed by atoms with van der Waals surface area (Å²) in [6.07, 6.45) is 0. The first-order valence-electron chi connectivity index (χ1n) is 19.2. The van der Waals surface area contributed by atoms with Crippen molar-refractivity contribution in [2.24, 2.45) is 0 Å². The van der Waals surface area contributed by atoms with Crippen LogP contribution in [0.25, 0.3) is 125 Å². The Morgan fingerprint density at radius 3 is 2.07 bits per heavy atom. The van der Waals surface area contributed by atoms with Gasteiger partial charge < -0.3 is 4.42 Å². The Morgan fingerprint density at radius 1 is 0.439 bits per heavy atom. The molecule has 9 aromatic carbocycles. The van der Waals surface area contributed by atoms with Gasteiger partial charge in [0.2, 0.25) is 5.95 Å². The maximum atomic E-state index is 7.09. The standard InChI is InChI=1S/C52H29N3OS/c1-2-12-31-27-33(22-21-30(31)11-1)50-37-16-5-8-18-42(37)53-52(54-50)55-43-19-9-6-17-38(43)49-44(55)25-24-39-48-36-15-4-3-13-34(36)40(29-45(48)56-51(39)49)32-23-26-47-41(28-32)35-14-7-10-20-46(35)57-47/h1-29H. The van der Waals surface area contributed by atoms with Crippen molar-refractivity contribution < 1.29 is 4.42 Å². The van der Waals surface area contributed by atoms with Crippen LogP contribution in [0.15, 0.2) is 180 Å². The number of benzene rings is 9. The van der Waals surface area contributed by atoms with Crippen LogP contribution < -0.4 is 0 Å². The summed E-state index contributed by atoms with van der Waals surface area (Å²) in [5.74, 6) is 0.627. The van der Waals surface area contributed by atoms with Gasteiger partial charge in [-0.2, -0.15) is 0 Å². The molecular weight excluding hydrogens is 715 g/mol. The highest BCUT2D eigenvalue weighted by Gasteiger charge is 2.23. The molecule has 13 aromatic rings. The predicted octanol–water partition coefficient (Wildman–Crippen LogP) is 14.6. The molecule has 0 radical (unpaired) electrons. The van der Waals surface area contributed by atoms with E-state index in [1.165, 1.54) is 52.8 Å². The fourth-order valence-corrected chi connectivity index (χ4v) is 10.3. The minimum absolute atomic E-state index is 0.627. The minimum Gasteiger partial charge on any atom is -0.455 e. The fourth-order valence-electron chi connectivity index (χ4n) is 9.22. The van der Waals surface area contributed by atoms with Gasteiger partial charge in [0.25, 0.3) is 0 Å². The van der Waals surface area contributed by atoms with E-state index >= 15 is 0 Å². The molecule has 0 N–H and O–H groups in total. The number of rotatable bonds is 3. The smallest absolute Gasteiger partial charge is 0.235 e. The molecule has 0 bridgehead atoms. The zero-order chi connectivity index (χ0) is 37.2. The van der Waals surface area contributed by atoms with Gasteiger partial charge in [-0.25, -0.2) is 9.97 Å². The molecule has 0 aliphatic heterocycles. The fraction of sp³-hybridized carbons (Fsp3) is 0. The van der Waals surface area contributed by atoms with Gasteiger partial charge in [-0.1, -0.05) is 121 Å². The Labute approximate surface area is 329 Å². The number of fused-ring (bicyclic) bond motifs is 14. The quantitative estimate of drug-likeness (QED) is 0.181. The number of nitrogens with zero attached hydrogens (tertiary/aromatic N) is 3. The maximum Gasteiger partial charge on any atom is 0.235 e. The Bertz CT molecular complexity index is 3830. The van der Waals surface area contributed by atoms with E-state index in [1.54, 1.807) is 0 Å². The summed E-state index contributed by atoms with van der Waals surface area (Å²) < 4.78 is 11.9. The van der Waals surface area contributed by atoms with E-state index in [1.807, 2.05) is 17.4 Å². The Morgan fingerprint density at radius 2 is 1.16 bits per heavy atom. The summed E-state index contributed by atoms with van der Waals surface area (Å²) in [5.41, 5.74) is 8.99. The Kier molecular flexibility index (Phi) is 6.29. The van der Waals surface area contributed by atoms with Crippen molar-refractivity contribution in [1.29, 1.82) is 0 Å². The van der Waals surface area contributed by atoms with Crippen molar-refractivity contribution >= 4 is 108 Å². The number of furan rings is 1. The molecule has 0 aliphatic rings. The second-order valence-corrected chi connectivity index (χ2v) is 16.0. The lowest BCUT2D eigenvalue weighted by atomic mass is 9.94. The van der Waals surface area contributed by atoms with Crippen LogP contribution in [-0.2, 0) is 0 Å². The van der Waals surface area contributed by atoms with Gasteiger partial charge in [0, 0.05) is 47.3 Å². The largest absolute Gasteiger partial charge is 0.455 e. The van der Waals surface area contributed by atoms with Crippen LogP contribution in [0.3, 0.4) is 0 Å². The van der Waals surface area contributed by atoms with E-state index in [9.17, 15) is 0 Å². The number of hydrogen-bond donors (Lipinski definition) is 0. The number of aromatic nitrogens is 3. The van der Waals surface area contributed by atoms with Crippen LogP contribution in [-0.4, -0.2) is 14.5 Å². The average molecular weight is 744 g/mol. The summed E-state index contributed by atoms with van der Waals surface area (Å²) >= 11 is 1.85. The molecule has 0 amide bonds. The van der Waals surface area contributed by atoms with Crippen LogP contribution in [0.4, 0.5) is 0 Å². The molecule has 0 saturated carbocycles. The second-order valence-electron chi connectivity index (χ2n) is 14.9. The summed E-state index contributed by atoms with van der Waals surface area (Å²) in [5, 5.41) is 12.8. The molecule has 264 valence electrons. The van der Waals surface area contributed by atoms with Crippen LogP contribution in [0.1, 0.15) is 0 Å². The van der Waals surface area contributed by atoms with Gasteiger partial charge in [-0.3, -0.25) is 4.57 Å². The second kappa shape index (κ2) is 11.6. The molecule has 0 saturated heterocycles. The zero-order valence-electron chi connectivity index (χ0n) is 30.4. The molecule has 5 heteroatoms. The molecule has 0 spiro atoms. The molecule has 0 fully saturated rings. The lowest BCUT2D eigenvalue weighted by Crippen LogP contribution is -2.03. The molecule has 13 rings (SSSR count). The number of para-hydroxylation sites is 2. The van der Waals surface area contributed by atoms with E-state index in [2.05, 4.69) is 174 Å². The highest BCUT2D eigenvalue weighted by molar-refractivity contribution is 7.25. The van der Waals surface area contributed by atoms with Gasteiger partial charge in [0.1, 0.15) is 11.2 Å². The van der Waals surface area contributed by atoms with Crippen molar-refractivity contribution in [1.82, 2.24) is 14.5 Å². The molecule has 0 unspecified atom stereocenters. The highest BCUT2D eigenvalue weighted by Crippen LogP contribution is 2.46. The van der Waals surface area contributed by atoms with E-state index in [-0.39, 0.29) is 0 Å². The van der Waals surface area contributed by atoms with Gasteiger partial charge in [0.15, 0.2) is 0 Å². The van der Waals surface area contributed by atoms with Gasteiger partial charge in [-0.15, -0.1) is 11.3 Å². The van der Waals surface area contributed by atoms with E-state index < -0.39 is 0 Å². The molecule has 57 heavy (non-hydrogen) atoms. The maximum absolute atomic E-state index is 7.09. The third kappa shape index (κ3) is 4.43. The van der Waals surface area contributed by atoms with Crippen molar-refractivity contribution in [2.75, 3.05) is 0 Å².